The highest BCUT2D eigenvalue weighted by atomic mass is 35.5. The molecule has 4 amide bonds. The Kier molecular flexibility index (Phi) is 6.78. The van der Waals surface area contributed by atoms with Gasteiger partial charge in [-0.05, 0) is 78.9 Å². The Balaban J connectivity index is 1.40. The van der Waals surface area contributed by atoms with Gasteiger partial charge in [-0.2, -0.15) is 0 Å². The van der Waals surface area contributed by atoms with Gasteiger partial charge in [-0.3, -0.25) is 24.1 Å². The van der Waals surface area contributed by atoms with Crippen molar-refractivity contribution in [2.45, 2.75) is 28.5 Å². The molecule has 3 aromatic carbocycles. The summed E-state index contributed by atoms with van der Waals surface area (Å²) >= 11 is 21.0. The maximum Gasteiger partial charge on any atom is 0.258 e. The zero-order valence-electron chi connectivity index (χ0n) is 23.4. The Morgan fingerprint density at radius 1 is 0.867 bits per heavy atom. The fourth-order valence-corrected chi connectivity index (χ4v) is 8.62. The van der Waals surface area contributed by atoms with Crippen LogP contribution in [0.15, 0.2) is 85.0 Å². The highest BCUT2D eigenvalue weighted by Crippen LogP contribution is 2.66. The van der Waals surface area contributed by atoms with Crippen molar-refractivity contribution < 1.29 is 28.7 Å². The van der Waals surface area contributed by atoms with Crippen LogP contribution < -0.4 is 9.80 Å². The van der Waals surface area contributed by atoms with Crippen molar-refractivity contribution in [3.63, 3.8) is 0 Å². The third kappa shape index (κ3) is 4.02. The van der Waals surface area contributed by atoms with Crippen LogP contribution in [0.1, 0.15) is 29.9 Å². The van der Waals surface area contributed by atoms with Gasteiger partial charge in [-0.1, -0.05) is 48.0 Å². The summed E-state index contributed by atoms with van der Waals surface area (Å²) in [6, 6.07) is 15.8. The number of aromatic hydroxyl groups is 1. The van der Waals surface area contributed by atoms with Gasteiger partial charge < -0.3 is 5.11 Å². The highest BCUT2D eigenvalue weighted by Gasteiger charge is 2.77. The van der Waals surface area contributed by atoms with Gasteiger partial charge in [-0.15, -0.1) is 23.2 Å². The van der Waals surface area contributed by atoms with E-state index < -0.39 is 57.0 Å². The summed E-state index contributed by atoms with van der Waals surface area (Å²) in [6.45, 7) is 3.74. The van der Waals surface area contributed by atoms with Gasteiger partial charge in [0.15, 0.2) is 9.75 Å². The van der Waals surface area contributed by atoms with E-state index in [2.05, 4.69) is 6.58 Å². The van der Waals surface area contributed by atoms with E-state index in [0.717, 1.165) is 27.5 Å². The number of carbonyl (C=O) groups excluding carboxylic acids is 4. The van der Waals surface area contributed by atoms with E-state index in [1.165, 1.54) is 30.3 Å². The van der Waals surface area contributed by atoms with Gasteiger partial charge in [-0.25, -0.2) is 9.29 Å². The molecule has 0 aromatic heterocycles. The molecule has 0 radical (unpaired) electrons. The van der Waals surface area contributed by atoms with Gasteiger partial charge in [0.2, 0.25) is 11.8 Å². The molecular formula is C34H24Cl3FN2O5. The molecular weight excluding hydrogens is 642 g/mol. The first-order valence-corrected chi connectivity index (χ1v) is 15.4. The van der Waals surface area contributed by atoms with E-state index in [9.17, 15) is 28.7 Å². The molecule has 2 heterocycles. The lowest BCUT2D eigenvalue weighted by Crippen LogP contribution is -2.60. The molecule has 11 heteroatoms. The van der Waals surface area contributed by atoms with Gasteiger partial charge in [0.05, 0.1) is 23.2 Å². The normalized spacial score (nSPS) is 30.6. The van der Waals surface area contributed by atoms with Gasteiger partial charge in [0.1, 0.15) is 11.6 Å². The minimum atomic E-state index is -2.18. The maximum atomic E-state index is 14.4. The first-order chi connectivity index (χ1) is 21.4. The van der Waals surface area contributed by atoms with Crippen molar-refractivity contribution >= 4 is 75.9 Å². The minimum absolute atomic E-state index is 0.0611. The Morgan fingerprint density at radius 3 is 2.18 bits per heavy atom. The molecule has 1 saturated carbocycles. The first-order valence-electron chi connectivity index (χ1n) is 14.2. The molecule has 0 unspecified atom stereocenters. The molecule has 45 heavy (non-hydrogen) atoms. The summed E-state index contributed by atoms with van der Waals surface area (Å²) < 4.78 is 13.8. The zero-order valence-corrected chi connectivity index (χ0v) is 25.7. The predicted octanol–water partition coefficient (Wildman–Crippen LogP) is 6.60. The van der Waals surface area contributed by atoms with Crippen molar-refractivity contribution in [1.82, 2.24) is 0 Å². The van der Waals surface area contributed by atoms with Crippen molar-refractivity contribution in [3.8, 4) is 5.75 Å². The molecule has 2 aliphatic heterocycles. The summed E-state index contributed by atoms with van der Waals surface area (Å²) in [5, 5.41) is 11.3. The van der Waals surface area contributed by atoms with Crippen LogP contribution in [-0.2, 0) is 19.2 Å². The SMILES string of the molecule is C=Cc1ccc(N2C(=O)[C@H]3[C@H](CC=C4[C@H]3C[C@@]3(Cl)C(=O)N(c5ccc(F)cc5)C(=O)[C@@]3(Cl)[C@H]4c3cc(Cl)ccc3O)C2=O)cc1. The molecule has 1 N–H and O–H groups in total. The Labute approximate surface area is 272 Å². The largest absolute Gasteiger partial charge is 0.508 e. The van der Waals surface area contributed by atoms with Gasteiger partial charge in [0.25, 0.3) is 11.8 Å². The summed E-state index contributed by atoms with van der Waals surface area (Å²) in [5.74, 6) is -7.05. The lowest BCUT2D eigenvalue weighted by molar-refractivity contribution is -0.125. The van der Waals surface area contributed by atoms with Crippen LogP contribution in [0.3, 0.4) is 0 Å². The van der Waals surface area contributed by atoms with Gasteiger partial charge >= 0.3 is 0 Å². The average Bonchev–Trinajstić information content (AvgIpc) is 3.37. The van der Waals surface area contributed by atoms with Crippen LogP contribution >= 0.6 is 34.8 Å². The van der Waals surface area contributed by atoms with E-state index in [-0.39, 0.29) is 40.8 Å². The topological polar surface area (TPSA) is 95.0 Å². The third-order valence-electron chi connectivity index (χ3n) is 9.58. The molecule has 4 aliphatic rings. The lowest BCUT2D eigenvalue weighted by Gasteiger charge is -2.50. The smallest absolute Gasteiger partial charge is 0.258 e. The molecule has 3 aromatic rings. The van der Waals surface area contributed by atoms with Crippen LogP contribution in [0.5, 0.6) is 5.75 Å². The molecule has 7 rings (SSSR count). The maximum absolute atomic E-state index is 14.4. The van der Waals surface area contributed by atoms with Crippen molar-refractivity contribution in [3.05, 3.63) is 107 Å². The standard InChI is InChI=1S/C34H24Cl3FN2O5/c1-2-17-3-8-20(9-4-17)39-29(42)23-13-12-22-25(27(23)30(39)43)16-33(36)31(44)40(21-10-6-19(38)7-11-21)32(45)34(33,37)28(22)24-15-18(35)5-14-26(24)41/h2-12,14-15,23,25,27-28,41H,1,13,16H2/t23-,25+,27-,28+,33+,34-/m0/s1. The number of benzene rings is 3. The van der Waals surface area contributed by atoms with E-state index in [1.54, 1.807) is 36.4 Å². The van der Waals surface area contributed by atoms with E-state index >= 15 is 0 Å². The number of alkyl halides is 2. The third-order valence-corrected chi connectivity index (χ3v) is 11.2. The van der Waals surface area contributed by atoms with Crippen LogP contribution in [0.4, 0.5) is 15.8 Å². The Morgan fingerprint density at radius 2 is 1.51 bits per heavy atom. The number of carbonyl (C=O) groups is 4. The molecule has 0 bridgehead atoms. The number of nitrogens with zero attached hydrogens (tertiary/aromatic N) is 2. The number of hydrogen-bond donors (Lipinski definition) is 1. The second kappa shape index (κ2) is 10.3. The van der Waals surface area contributed by atoms with Crippen molar-refractivity contribution in [1.29, 1.82) is 0 Å². The Bertz CT molecular complexity index is 1860. The van der Waals surface area contributed by atoms with Crippen molar-refractivity contribution in [2.75, 3.05) is 9.80 Å². The number of halogens is 4. The number of amides is 4. The molecule has 6 atom stereocenters. The average molecular weight is 666 g/mol. The molecule has 2 saturated heterocycles. The summed E-state index contributed by atoms with van der Waals surface area (Å²) in [5.41, 5.74) is 1.92. The highest BCUT2D eigenvalue weighted by molar-refractivity contribution is 6.58. The van der Waals surface area contributed by atoms with Gasteiger partial charge in [0, 0.05) is 16.5 Å². The molecule has 228 valence electrons. The number of hydrogen-bond acceptors (Lipinski definition) is 5. The summed E-state index contributed by atoms with van der Waals surface area (Å²) in [6.07, 6.45) is 3.33. The predicted molar refractivity (Wildman–Crippen MR) is 169 cm³/mol. The Hall–Kier alpha value is -3.98. The molecule has 0 spiro atoms. The number of fused-ring (bicyclic) bond motifs is 4. The molecule has 3 fully saturated rings. The van der Waals surface area contributed by atoms with E-state index in [1.807, 2.05) is 0 Å². The van der Waals surface area contributed by atoms with Crippen molar-refractivity contribution in [2.24, 2.45) is 17.8 Å². The number of phenolic OH excluding ortho intramolecular Hbond substituents is 1. The fourth-order valence-electron chi connectivity index (χ4n) is 7.51. The summed E-state index contributed by atoms with van der Waals surface area (Å²) in [7, 11) is 0. The lowest BCUT2D eigenvalue weighted by atomic mass is 9.56. The molecule has 2 aliphatic carbocycles. The number of phenols is 1. The van der Waals surface area contributed by atoms with Crippen LogP contribution in [0.25, 0.3) is 6.08 Å². The number of rotatable bonds is 4. The second-order valence-electron chi connectivity index (χ2n) is 11.8. The quantitative estimate of drug-likeness (QED) is 0.193. The van der Waals surface area contributed by atoms with Crippen LogP contribution in [0, 0.1) is 23.6 Å². The zero-order chi connectivity index (χ0) is 32.0. The van der Waals surface area contributed by atoms with E-state index in [0.29, 0.717) is 11.3 Å². The number of anilines is 2. The second-order valence-corrected chi connectivity index (χ2v) is 13.4. The monoisotopic (exact) mass is 664 g/mol. The number of imide groups is 2. The van der Waals surface area contributed by atoms with Crippen LogP contribution in [0.2, 0.25) is 5.02 Å². The number of allylic oxidation sites excluding steroid dienone is 2. The van der Waals surface area contributed by atoms with E-state index in [4.69, 9.17) is 34.8 Å². The molecule has 7 nitrogen and oxygen atoms in total. The van der Waals surface area contributed by atoms with Crippen LogP contribution in [-0.4, -0.2) is 38.5 Å². The minimum Gasteiger partial charge on any atom is -0.508 e. The summed E-state index contributed by atoms with van der Waals surface area (Å²) in [4.78, 5) is 54.3. The first kappa shape index (κ1) is 29.7. The fraction of sp³-hybridized carbons (Fsp3) is 0.235.